The van der Waals surface area contributed by atoms with Gasteiger partial charge in [-0.15, -0.1) is 0 Å². The molecule has 0 amide bonds. The molecule has 0 bridgehead atoms. The average Bonchev–Trinajstić information content (AvgIpc) is 2.34. The second kappa shape index (κ2) is 6.07. The molecule has 136 valence electrons. The summed E-state index contributed by atoms with van der Waals surface area (Å²) >= 11 is 0. The van der Waals surface area contributed by atoms with Crippen molar-refractivity contribution in [3.8, 4) is 0 Å². The zero-order valence-electron chi connectivity index (χ0n) is 11.1. The molecule has 1 rings (SSSR count). The number of rotatable bonds is 3. The highest BCUT2D eigenvalue weighted by Gasteiger charge is 2.73. The largest absolute Gasteiger partial charge is 0.459 e. The fraction of sp³-hybridized carbons (Fsp3) is 0.900. The van der Waals surface area contributed by atoms with Gasteiger partial charge in [0.05, 0.1) is 5.92 Å². The highest BCUT2D eigenvalue weighted by Crippen LogP contribution is 2.42. The second-order valence-corrected chi connectivity index (χ2v) is 6.50. The molecule has 1 fully saturated rings. The van der Waals surface area contributed by atoms with E-state index in [1.165, 1.54) is 0 Å². The molecule has 13 heteroatoms. The fourth-order valence-corrected chi connectivity index (χ4v) is 2.65. The van der Waals surface area contributed by atoms with Gasteiger partial charge in [-0.1, -0.05) is 0 Å². The molecule has 1 aliphatic rings. The van der Waals surface area contributed by atoms with Crippen molar-refractivity contribution in [2.45, 2.75) is 49.1 Å². The lowest BCUT2D eigenvalue weighted by molar-refractivity contribution is -0.220. The van der Waals surface area contributed by atoms with E-state index in [0.29, 0.717) is 0 Å². The van der Waals surface area contributed by atoms with Gasteiger partial charge in [-0.2, -0.15) is 34.8 Å². The van der Waals surface area contributed by atoms with Crippen LogP contribution in [0, 0.1) is 5.92 Å². The minimum Gasteiger partial charge on any atom is -0.459 e. The molecule has 0 radical (unpaired) electrons. The quantitative estimate of drug-likeness (QED) is 0.465. The summed E-state index contributed by atoms with van der Waals surface area (Å²) in [4.78, 5) is 11.2. The molecule has 0 aromatic heterocycles. The maximum absolute atomic E-state index is 13.6. The van der Waals surface area contributed by atoms with Crippen molar-refractivity contribution in [1.82, 2.24) is 0 Å². The van der Waals surface area contributed by atoms with Crippen molar-refractivity contribution in [2.75, 3.05) is 0 Å². The lowest BCUT2D eigenvalue weighted by atomic mass is 9.87. The Labute approximate surface area is 125 Å². The minimum absolute atomic E-state index is 0.519. The van der Waals surface area contributed by atoms with Crippen LogP contribution >= 0.6 is 0 Å². The summed E-state index contributed by atoms with van der Waals surface area (Å²) in [6.07, 6.45) is -14.5. The van der Waals surface area contributed by atoms with E-state index in [-0.39, 0.29) is 0 Å². The monoisotopic (exact) mass is 376 g/mol. The third-order valence-corrected chi connectivity index (χ3v) is 4.50. The Hall–Kier alpha value is -1.11. The van der Waals surface area contributed by atoms with Crippen molar-refractivity contribution < 1.29 is 53.2 Å². The molecule has 0 aromatic rings. The number of esters is 1. The molecule has 1 aliphatic carbocycles. The maximum atomic E-state index is 13.6. The van der Waals surface area contributed by atoms with Gasteiger partial charge in [0.2, 0.25) is 0 Å². The van der Waals surface area contributed by atoms with Gasteiger partial charge < -0.3 is 4.74 Å². The minimum atomic E-state index is -6.55. The number of alkyl halides is 7. The summed E-state index contributed by atoms with van der Waals surface area (Å²) in [5, 5.41) is -5.69. The van der Waals surface area contributed by atoms with E-state index >= 15 is 0 Å². The van der Waals surface area contributed by atoms with Gasteiger partial charge in [-0.25, -0.2) is 9.18 Å². The van der Waals surface area contributed by atoms with E-state index < -0.39 is 71.1 Å². The van der Waals surface area contributed by atoms with E-state index in [9.17, 15) is 43.9 Å². The van der Waals surface area contributed by atoms with Gasteiger partial charge in [0.15, 0.2) is 0 Å². The average molecular weight is 376 g/mol. The van der Waals surface area contributed by atoms with Crippen LogP contribution in [0.3, 0.4) is 0 Å². The third kappa shape index (κ3) is 4.05. The van der Waals surface area contributed by atoms with Crippen molar-refractivity contribution in [2.24, 2.45) is 5.92 Å². The number of hydrogen-bond acceptors (Lipinski definition) is 4. The second-order valence-electron chi connectivity index (χ2n) is 4.99. The first-order valence-electron chi connectivity index (χ1n) is 6.11. The molecule has 0 aromatic carbocycles. The smallest absolute Gasteiger partial charge is 0.451 e. The predicted octanol–water partition coefficient (Wildman–Crippen LogP) is 2.77. The molecule has 5 nitrogen and oxygen atoms in total. The van der Waals surface area contributed by atoms with Crippen LogP contribution in [0.15, 0.2) is 0 Å². The van der Waals surface area contributed by atoms with Crippen molar-refractivity contribution in [1.29, 1.82) is 0 Å². The molecular formula is C10H11F7O5S. The van der Waals surface area contributed by atoms with Gasteiger partial charge in [0.25, 0.3) is 0 Å². The van der Waals surface area contributed by atoms with Gasteiger partial charge in [-0.3, -0.25) is 4.55 Å². The Morgan fingerprint density at radius 2 is 1.39 bits per heavy atom. The molecule has 1 unspecified atom stereocenters. The zero-order valence-corrected chi connectivity index (χ0v) is 11.9. The Morgan fingerprint density at radius 1 is 0.957 bits per heavy atom. The first kappa shape index (κ1) is 19.9. The van der Waals surface area contributed by atoms with Crippen LogP contribution < -0.4 is 0 Å². The normalized spacial score (nSPS) is 26.4. The Bertz CT molecular complexity index is 547. The van der Waals surface area contributed by atoms with Crippen LogP contribution in [0.1, 0.15) is 25.7 Å². The van der Waals surface area contributed by atoms with Crippen LogP contribution in [0.2, 0.25) is 0 Å². The van der Waals surface area contributed by atoms with Gasteiger partial charge >= 0.3 is 33.4 Å². The highest BCUT2D eigenvalue weighted by molar-refractivity contribution is 7.88. The maximum Gasteiger partial charge on any atom is 0.451 e. The highest BCUT2D eigenvalue weighted by atomic mass is 32.2. The standard InChI is InChI=1S/C10H11F7O5S/c11-8(10(15,16)17,23(19,20)21)7(18)22-6-3-1-5(2-4-6)9(12,13)14/h5-6H,1-4H2,(H,19,20,21). The zero-order chi connectivity index (χ0) is 18.3. The van der Waals surface area contributed by atoms with E-state index in [2.05, 4.69) is 4.74 Å². The van der Waals surface area contributed by atoms with Crippen molar-refractivity contribution >= 4 is 16.1 Å². The lowest BCUT2D eigenvalue weighted by Crippen LogP contribution is -2.55. The number of carbonyl (C=O) groups is 1. The summed E-state index contributed by atoms with van der Waals surface area (Å²) in [5.74, 6) is -4.67. The van der Waals surface area contributed by atoms with E-state index in [4.69, 9.17) is 4.55 Å². The SMILES string of the molecule is O=C(OC1CCC(C(F)(F)F)CC1)C(F)(C(F)(F)F)S(=O)(=O)O. The van der Waals surface area contributed by atoms with E-state index in [1.807, 2.05) is 0 Å². The molecule has 0 aliphatic heterocycles. The summed E-state index contributed by atoms with van der Waals surface area (Å²) < 4.78 is 122. The number of carbonyl (C=O) groups excluding carboxylic acids is 1. The van der Waals surface area contributed by atoms with Crippen LogP contribution in [0.5, 0.6) is 0 Å². The van der Waals surface area contributed by atoms with Crippen LogP contribution in [0.25, 0.3) is 0 Å². The van der Waals surface area contributed by atoms with Gasteiger partial charge in [-0.05, 0) is 25.7 Å². The molecule has 0 heterocycles. The predicted molar refractivity (Wildman–Crippen MR) is 59.3 cm³/mol. The first-order valence-corrected chi connectivity index (χ1v) is 7.55. The molecule has 1 atom stereocenters. The molecular weight excluding hydrogens is 365 g/mol. The Balaban J connectivity index is 2.84. The van der Waals surface area contributed by atoms with Gasteiger partial charge in [0, 0.05) is 0 Å². The first-order chi connectivity index (χ1) is 10.1. The molecule has 0 saturated heterocycles. The van der Waals surface area contributed by atoms with Crippen molar-refractivity contribution in [3.63, 3.8) is 0 Å². The van der Waals surface area contributed by atoms with E-state index in [1.54, 1.807) is 0 Å². The van der Waals surface area contributed by atoms with Crippen LogP contribution in [0.4, 0.5) is 30.7 Å². The summed E-state index contributed by atoms with van der Waals surface area (Å²) in [6, 6.07) is 0. The number of halogens is 7. The lowest BCUT2D eigenvalue weighted by Gasteiger charge is -2.31. The van der Waals surface area contributed by atoms with Crippen LogP contribution in [-0.2, 0) is 19.6 Å². The summed E-state index contributed by atoms with van der Waals surface area (Å²) in [6.45, 7) is 0. The Kier molecular flexibility index (Phi) is 5.26. The van der Waals surface area contributed by atoms with Crippen molar-refractivity contribution in [3.05, 3.63) is 0 Å². The topological polar surface area (TPSA) is 80.7 Å². The third-order valence-electron chi connectivity index (χ3n) is 3.39. The molecule has 23 heavy (non-hydrogen) atoms. The fourth-order valence-electron chi connectivity index (χ4n) is 2.10. The van der Waals surface area contributed by atoms with Gasteiger partial charge in [0.1, 0.15) is 6.10 Å². The molecule has 1 saturated carbocycles. The van der Waals surface area contributed by atoms with Crippen LogP contribution in [-0.4, -0.2) is 42.4 Å². The summed E-state index contributed by atoms with van der Waals surface area (Å²) in [5.41, 5.74) is 0. The molecule has 1 N–H and O–H groups in total. The van der Waals surface area contributed by atoms with E-state index in [0.717, 1.165) is 0 Å². The Morgan fingerprint density at radius 3 is 1.70 bits per heavy atom. The summed E-state index contributed by atoms with van der Waals surface area (Å²) in [7, 11) is -6.55. The number of ether oxygens (including phenoxy) is 1. The number of hydrogen-bond donors (Lipinski definition) is 1. The molecule has 0 spiro atoms.